The summed E-state index contributed by atoms with van der Waals surface area (Å²) >= 11 is 7.55. The minimum absolute atomic E-state index is 0.235. The van der Waals surface area contributed by atoms with Gasteiger partial charge in [0.15, 0.2) is 0 Å². The van der Waals surface area contributed by atoms with Crippen molar-refractivity contribution in [2.24, 2.45) is 0 Å². The number of rotatable bonds is 4. The number of halogens is 2. The molecule has 1 aromatic carbocycles. The van der Waals surface area contributed by atoms with E-state index in [0.717, 1.165) is 29.5 Å². The molecule has 0 N–H and O–H groups in total. The summed E-state index contributed by atoms with van der Waals surface area (Å²) in [4.78, 5) is 11.5. The second-order valence-corrected chi connectivity index (χ2v) is 6.22. The molecule has 116 valence electrons. The van der Waals surface area contributed by atoms with Crippen LogP contribution < -0.4 is 4.90 Å². The average Bonchev–Trinajstić information content (AvgIpc) is 2.53. The summed E-state index contributed by atoms with van der Waals surface area (Å²) in [6.45, 7) is 2.97. The summed E-state index contributed by atoms with van der Waals surface area (Å²) in [7, 11) is 0. The third-order valence-electron chi connectivity index (χ3n) is 3.26. The van der Waals surface area contributed by atoms with Gasteiger partial charge in [0.25, 0.3) is 0 Å². The maximum Gasteiger partial charge on any atom is 0.224 e. The minimum atomic E-state index is -0.236. The van der Waals surface area contributed by atoms with Crippen LogP contribution in [0.1, 0.15) is 5.69 Å². The van der Waals surface area contributed by atoms with Crippen LogP contribution in [0, 0.1) is 5.82 Å². The number of hydrogen-bond donors (Lipinski definition) is 0. The summed E-state index contributed by atoms with van der Waals surface area (Å²) in [5.41, 5.74) is 0.829. The molecule has 0 atom stereocenters. The zero-order chi connectivity index (χ0) is 15.4. The van der Waals surface area contributed by atoms with E-state index in [9.17, 15) is 4.39 Å². The Bertz CT molecular complexity index is 652. The number of morpholine rings is 1. The summed E-state index contributed by atoms with van der Waals surface area (Å²) in [5, 5.41) is 0.235. The minimum Gasteiger partial charge on any atom is -0.378 e. The smallest absolute Gasteiger partial charge is 0.224 e. The molecule has 4 nitrogen and oxygen atoms in total. The average molecular weight is 340 g/mol. The molecule has 0 unspecified atom stereocenters. The zero-order valence-corrected chi connectivity index (χ0v) is 13.4. The largest absolute Gasteiger partial charge is 0.378 e. The van der Waals surface area contributed by atoms with Gasteiger partial charge in [-0.1, -0.05) is 6.07 Å². The van der Waals surface area contributed by atoms with Crippen molar-refractivity contribution in [3.63, 3.8) is 0 Å². The molecule has 0 amide bonds. The van der Waals surface area contributed by atoms with Gasteiger partial charge in [0.1, 0.15) is 11.6 Å². The highest BCUT2D eigenvalue weighted by molar-refractivity contribution is 7.98. The lowest BCUT2D eigenvalue weighted by Crippen LogP contribution is -2.36. The highest BCUT2D eigenvalue weighted by Crippen LogP contribution is 2.25. The Morgan fingerprint density at radius 3 is 2.82 bits per heavy atom. The van der Waals surface area contributed by atoms with E-state index >= 15 is 0 Å². The molecule has 1 saturated heterocycles. The van der Waals surface area contributed by atoms with E-state index in [1.54, 1.807) is 6.07 Å². The van der Waals surface area contributed by atoms with Gasteiger partial charge in [0, 0.05) is 29.8 Å². The van der Waals surface area contributed by atoms with Gasteiger partial charge in [0.2, 0.25) is 5.28 Å². The number of hydrogen-bond acceptors (Lipinski definition) is 5. The van der Waals surface area contributed by atoms with Gasteiger partial charge in [-0.05, 0) is 29.8 Å². The third kappa shape index (κ3) is 4.09. The zero-order valence-electron chi connectivity index (χ0n) is 11.8. The molecule has 0 bridgehead atoms. The van der Waals surface area contributed by atoms with Crippen molar-refractivity contribution in [2.45, 2.75) is 10.6 Å². The molecule has 1 aliphatic heterocycles. The standard InChI is InChI=1S/C15H15ClFN3OS/c16-15-18-12(10-22-13-3-1-2-11(17)8-13)9-14(19-15)20-4-6-21-7-5-20/h1-3,8-9H,4-7,10H2. The fourth-order valence-corrected chi connectivity index (χ4v) is 3.22. The van der Waals surface area contributed by atoms with Crippen LogP contribution in [-0.4, -0.2) is 36.3 Å². The van der Waals surface area contributed by atoms with Crippen LogP contribution in [0.25, 0.3) is 0 Å². The number of ether oxygens (including phenoxy) is 1. The number of benzene rings is 1. The maximum absolute atomic E-state index is 13.2. The van der Waals surface area contributed by atoms with Crippen LogP contribution in [0.15, 0.2) is 35.2 Å². The van der Waals surface area contributed by atoms with Gasteiger partial charge in [0.05, 0.1) is 18.9 Å². The van der Waals surface area contributed by atoms with E-state index in [4.69, 9.17) is 16.3 Å². The van der Waals surface area contributed by atoms with E-state index in [-0.39, 0.29) is 11.1 Å². The van der Waals surface area contributed by atoms with Crippen LogP contribution in [0.5, 0.6) is 0 Å². The fraction of sp³-hybridized carbons (Fsp3) is 0.333. The second kappa shape index (κ2) is 7.26. The molecule has 1 fully saturated rings. The molecular weight excluding hydrogens is 325 g/mol. The topological polar surface area (TPSA) is 38.2 Å². The van der Waals surface area contributed by atoms with Crippen molar-refractivity contribution in [3.05, 3.63) is 47.1 Å². The van der Waals surface area contributed by atoms with Gasteiger partial charge in [-0.25, -0.2) is 14.4 Å². The Morgan fingerprint density at radius 1 is 1.23 bits per heavy atom. The van der Waals surface area contributed by atoms with E-state index in [1.165, 1.54) is 23.9 Å². The quantitative estimate of drug-likeness (QED) is 0.630. The van der Waals surface area contributed by atoms with E-state index < -0.39 is 0 Å². The molecule has 0 spiro atoms. The maximum atomic E-state index is 13.2. The highest BCUT2D eigenvalue weighted by atomic mass is 35.5. The van der Waals surface area contributed by atoms with Gasteiger partial charge < -0.3 is 9.64 Å². The number of thioether (sulfide) groups is 1. The molecule has 1 aromatic heterocycles. The molecule has 0 radical (unpaired) electrons. The third-order valence-corrected chi connectivity index (χ3v) is 4.45. The Kier molecular flexibility index (Phi) is 5.12. The molecule has 2 heterocycles. The number of anilines is 1. The molecule has 2 aromatic rings. The Morgan fingerprint density at radius 2 is 2.05 bits per heavy atom. The van der Waals surface area contributed by atoms with Crippen LogP contribution in [0.4, 0.5) is 10.2 Å². The van der Waals surface area contributed by atoms with Crippen molar-refractivity contribution in [3.8, 4) is 0 Å². The summed E-state index contributed by atoms with van der Waals surface area (Å²) in [6.07, 6.45) is 0. The number of aromatic nitrogens is 2. The van der Waals surface area contributed by atoms with Crippen molar-refractivity contribution in [2.75, 3.05) is 31.2 Å². The summed E-state index contributed by atoms with van der Waals surface area (Å²) in [6, 6.07) is 8.45. The van der Waals surface area contributed by atoms with Crippen LogP contribution in [0.2, 0.25) is 5.28 Å². The summed E-state index contributed by atoms with van der Waals surface area (Å²) < 4.78 is 18.5. The fourth-order valence-electron chi connectivity index (χ4n) is 2.19. The first-order valence-electron chi connectivity index (χ1n) is 6.95. The molecule has 22 heavy (non-hydrogen) atoms. The van der Waals surface area contributed by atoms with Crippen molar-refractivity contribution in [1.82, 2.24) is 9.97 Å². The normalized spacial score (nSPS) is 15.1. The number of nitrogens with zero attached hydrogens (tertiary/aromatic N) is 3. The predicted octanol–water partition coefficient (Wildman–Crippen LogP) is 3.40. The predicted molar refractivity (Wildman–Crippen MR) is 86.0 cm³/mol. The lowest BCUT2D eigenvalue weighted by Gasteiger charge is -2.28. The first-order valence-corrected chi connectivity index (χ1v) is 8.31. The molecule has 0 aliphatic carbocycles. The van der Waals surface area contributed by atoms with E-state index in [1.807, 2.05) is 12.1 Å². The lowest BCUT2D eigenvalue weighted by atomic mass is 10.3. The van der Waals surface area contributed by atoms with Crippen molar-refractivity contribution >= 4 is 29.2 Å². The molecule has 3 rings (SSSR count). The van der Waals surface area contributed by atoms with Gasteiger partial charge in [-0.3, -0.25) is 0 Å². The van der Waals surface area contributed by atoms with Gasteiger partial charge >= 0.3 is 0 Å². The highest BCUT2D eigenvalue weighted by Gasteiger charge is 2.14. The Labute approximate surface area is 137 Å². The Balaban J connectivity index is 1.71. The first-order chi connectivity index (χ1) is 10.7. The lowest BCUT2D eigenvalue weighted by molar-refractivity contribution is 0.122. The van der Waals surface area contributed by atoms with Crippen LogP contribution >= 0.6 is 23.4 Å². The second-order valence-electron chi connectivity index (χ2n) is 4.83. The van der Waals surface area contributed by atoms with Crippen molar-refractivity contribution in [1.29, 1.82) is 0 Å². The molecule has 7 heteroatoms. The van der Waals surface area contributed by atoms with Gasteiger partial charge in [-0.2, -0.15) is 0 Å². The van der Waals surface area contributed by atoms with Gasteiger partial charge in [-0.15, -0.1) is 11.8 Å². The molecule has 1 aliphatic rings. The Hall–Kier alpha value is -1.37. The van der Waals surface area contributed by atoms with Crippen molar-refractivity contribution < 1.29 is 9.13 Å². The van der Waals surface area contributed by atoms with E-state index in [0.29, 0.717) is 19.0 Å². The summed E-state index contributed by atoms with van der Waals surface area (Å²) in [5.74, 6) is 1.20. The monoisotopic (exact) mass is 339 g/mol. The SMILES string of the molecule is Fc1cccc(SCc2cc(N3CCOCC3)nc(Cl)n2)c1. The van der Waals surface area contributed by atoms with E-state index in [2.05, 4.69) is 14.9 Å². The molecular formula is C15H15ClFN3OS. The first kappa shape index (κ1) is 15.5. The van der Waals surface area contributed by atoms with Crippen LogP contribution in [0.3, 0.4) is 0 Å². The molecule has 0 saturated carbocycles. The van der Waals surface area contributed by atoms with Crippen LogP contribution in [-0.2, 0) is 10.5 Å².